The summed E-state index contributed by atoms with van der Waals surface area (Å²) in [6, 6.07) is 0. The summed E-state index contributed by atoms with van der Waals surface area (Å²) in [6.45, 7) is 0. The van der Waals surface area contributed by atoms with E-state index < -0.39 is 25.9 Å². The van der Waals surface area contributed by atoms with Gasteiger partial charge in [0.2, 0.25) is 0 Å². The Balaban J connectivity index is -0.00000000857. The molecule has 0 atom stereocenters. The van der Waals surface area contributed by atoms with Crippen molar-refractivity contribution in [2.24, 2.45) is 0 Å². The van der Waals surface area contributed by atoms with Crippen LogP contribution < -0.4 is 0 Å². The molecule has 0 aliphatic carbocycles. The third-order valence-electron chi connectivity index (χ3n) is 0.161. The number of rotatable bonds is 2. The van der Waals surface area contributed by atoms with Crippen molar-refractivity contribution >= 4 is 63.6 Å². The molecule has 0 saturated carbocycles. The fourth-order valence-electron chi connectivity index (χ4n) is 0.0496. The van der Waals surface area contributed by atoms with Gasteiger partial charge in [-0.1, -0.05) is 0 Å². The van der Waals surface area contributed by atoms with Crippen LogP contribution in [0, 0.1) is 0 Å². The molecule has 0 unspecified atom stereocenters. The summed E-state index contributed by atoms with van der Waals surface area (Å²) in [7, 11) is -4.45. The first-order valence-corrected chi connectivity index (χ1v) is 3.46. The molecule has 14 heteroatoms. The minimum absolute atomic E-state index is 0. The zero-order valence-corrected chi connectivity index (χ0v) is 8.04. The van der Waals surface area contributed by atoms with Crippen LogP contribution in [0.1, 0.15) is 0 Å². The molecule has 0 fully saturated rings. The molecule has 0 saturated heterocycles. The molecular formula is H15AlCaO11S. The second kappa shape index (κ2) is 29.2. The Bertz CT molecular complexity index is 149. The number of hydrogen-bond acceptors (Lipinski definition) is 4. The van der Waals surface area contributed by atoms with Crippen molar-refractivity contribution in [1.82, 2.24) is 0 Å². The molecule has 0 heterocycles. The summed E-state index contributed by atoms with van der Waals surface area (Å²) in [5.41, 5.74) is 0. The van der Waals surface area contributed by atoms with Gasteiger partial charge in [0, 0.05) is 0 Å². The average molecular weight is 290 g/mol. The molecule has 0 amide bonds. The van der Waals surface area contributed by atoms with E-state index in [0.29, 0.717) is 0 Å². The van der Waals surface area contributed by atoms with Gasteiger partial charge in [0.1, 0.15) is 0 Å². The monoisotopic (exact) mass is 290 g/mol. The standard InChI is InChI=1S/Al.Ca.H2O4S.6H2O.O.2H/c;;1-5(2,3)4;;;;;;;;;/h;;(H2,1,2,3,4);6*1H2;;;/q+1;;;;;;;;;;;/p-1. The predicted molar refractivity (Wildman–Crippen MR) is 49.3 cm³/mol. The van der Waals surface area contributed by atoms with Gasteiger partial charge in [-0.25, -0.2) is 0 Å². The Hall–Kier alpha value is 1.06. The van der Waals surface area contributed by atoms with Crippen molar-refractivity contribution in [2.45, 2.75) is 0 Å². The van der Waals surface area contributed by atoms with Crippen molar-refractivity contribution in [1.29, 1.82) is 0 Å². The molecule has 0 aromatic heterocycles. The fourth-order valence-corrected chi connectivity index (χ4v) is 0.447. The zero-order valence-electron chi connectivity index (χ0n) is 6.07. The van der Waals surface area contributed by atoms with E-state index in [1.807, 2.05) is 0 Å². The molecule has 92 valence electrons. The molecule has 0 rings (SSSR count). The van der Waals surface area contributed by atoms with Gasteiger partial charge in [-0.3, -0.25) is 0 Å². The quantitative estimate of drug-likeness (QED) is 0.382. The summed E-state index contributed by atoms with van der Waals surface area (Å²) in [4.78, 5) is 0. The molecular weight excluding hydrogens is 275 g/mol. The first kappa shape index (κ1) is 59.7. The SMILES string of the molecule is O.O.O.O.O.O.[CaH2].[O]=[Al][O]S(=O)(=O)O. The molecule has 13 N–H and O–H groups in total. The third kappa shape index (κ3) is 74.2. The molecule has 0 aliphatic rings. The molecule has 0 aliphatic heterocycles. The van der Waals surface area contributed by atoms with Crippen molar-refractivity contribution in [3.8, 4) is 0 Å². The Labute approximate surface area is 115 Å². The van der Waals surface area contributed by atoms with Crippen LogP contribution in [0.15, 0.2) is 0 Å². The van der Waals surface area contributed by atoms with Crippen molar-refractivity contribution in [3.63, 3.8) is 0 Å². The first-order chi connectivity index (χ1) is 3.06. The first-order valence-electron chi connectivity index (χ1n) is 1.15. The van der Waals surface area contributed by atoms with E-state index in [1.165, 1.54) is 0 Å². The van der Waals surface area contributed by atoms with Crippen LogP contribution >= 0.6 is 0 Å². The van der Waals surface area contributed by atoms with Crippen molar-refractivity contribution in [2.75, 3.05) is 0 Å². The van der Waals surface area contributed by atoms with Gasteiger partial charge in [-0.15, -0.1) is 0 Å². The van der Waals surface area contributed by atoms with Crippen LogP contribution in [0.5, 0.6) is 0 Å². The van der Waals surface area contributed by atoms with Crippen LogP contribution in [-0.4, -0.2) is 99.1 Å². The Kier molecular flexibility index (Phi) is 125. The zero-order chi connectivity index (χ0) is 5.91. The van der Waals surface area contributed by atoms with Crippen LogP contribution in [0.25, 0.3) is 0 Å². The molecule has 0 aromatic carbocycles. The van der Waals surface area contributed by atoms with Gasteiger partial charge in [0.25, 0.3) is 0 Å². The van der Waals surface area contributed by atoms with Gasteiger partial charge >= 0.3 is 83.6 Å². The Morgan fingerprint density at radius 2 is 1.14 bits per heavy atom. The number of hydrogen-bond donors (Lipinski definition) is 1. The van der Waals surface area contributed by atoms with Crippen LogP contribution in [-0.2, 0) is 17.4 Å². The van der Waals surface area contributed by atoms with E-state index >= 15 is 0 Å². The topological polar surface area (TPSA) is 270 Å². The third-order valence-corrected chi connectivity index (χ3v) is 1.45. The Morgan fingerprint density at radius 3 is 1.14 bits per heavy atom. The Morgan fingerprint density at radius 1 is 0.929 bits per heavy atom. The van der Waals surface area contributed by atoms with Gasteiger partial charge < -0.3 is 32.9 Å². The van der Waals surface area contributed by atoms with Crippen LogP contribution in [0.4, 0.5) is 0 Å². The molecule has 0 radical (unpaired) electrons. The summed E-state index contributed by atoms with van der Waals surface area (Å²) >= 11 is -1.88. The van der Waals surface area contributed by atoms with E-state index in [1.54, 1.807) is 0 Å². The summed E-state index contributed by atoms with van der Waals surface area (Å²) in [6.07, 6.45) is 0. The molecule has 0 aromatic rings. The summed E-state index contributed by atoms with van der Waals surface area (Å²) in [5.74, 6) is 0. The molecule has 0 bridgehead atoms. The normalized spacial score (nSPS) is 4.93. The van der Waals surface area contributed by atoms with Gasteiger partial charge in [0.05, 0.1) is 0 Å². The van der Waals surface area contributed by atoms with E-state index in [-0.39, 0.29) is 70.6 Å². The predicted octanol–water partition coefficient (Wildman–Crippen LogP) is -7.09. The fraction of sp³-hybridized carbons (Fsp3) is 0. The van der Waals surface area contributed by atoms with Gasteiger partial charge in [0.15, 0.2) is 0 Å². The van der Waals surface area contributed by atoms with Gasteiger partial charge in [-0.05, 0) is 0 Å². The second-order valence-electron chi connectivity index (χ2n) is 0.620. The van der Waals surface area contributed by atoms with E-state index in [4.69, 9.17) is 4.55 Å². The van der Waals surface area contributed by atoms with Crippen molar-refractivity contribution in [3.05, 3.63) is 0 Å². The minimum atomic E-state index is -4.45. The van der Waals surface area contributed by atoms with E-state index in [2.05, 4.69) is 3.23 Å². The maximum absolute atomic E-state index is 9.39. The maximum atomic E-state index is 9.39. The van der Waals surface area contributed by atoms with Crippen LogP contribution in [0.3, 0.4) is 0 Å². The summed E-state index contributed by atoms with van der Waals surface area (Å²) in [5, 5.41) is 0. The molecule has 14 heavy (non-hydrogen) atoms. The molecule has 0 spiro atoms. The average Bonchev–Trinajstić information content (AvgIpc) is 1.30. The van der Waals surface area contributed by atoms with Crippen molar-refractivity contribution < 1.29 is 52.9 Å². The van der Waals surface area contributed by atoms with E-state index in [9.17, 15) is 12.2 Å². The molecule has 11 nitrogen and oxygen atoms in total. The van der Waals surface area contributed by atoms with Crippen LogP contribution in [0.2, 0.25) is 0 Å². The van der Waals surface area contributed by atoms with Gasteiger partial charge in [-0.2, -0.15) is 0 Å². The van der Waals surface area contributed by atoms with E-state index in [0.717, 1.165) is 0 Å². The summed E-state index contributed by atoms with van der Waals surface area (Å²) < 4.78 is 38.9. The second-order valence-corrected chi connectivity index (χ2v) is 2.44.